The summed E-state index contributed by atoms with van der Waals surface area (Å²) in [5.41, 5.74) is 2.36. The second kappa shape index (κ2) is 8.43. The van der Waals surface area contributed by atoms with Crippen molar-refractivity contribution in [1.82, 2.24) is 14.5 Å². The van der Waals surface area contributed by atoms with Crippen molar-refractivity contribution in [2.45, 2.75) is 26.0 Å². The van der Waals surface area contributed by atoms with E-state index in [9.17, 15) is 9.59 Å². The summed E-state index contributed by atoms with van der Waals surface area (Å²) in [5.74, 6) is 1.07. The number of thiazole rings is 1. The zero-order valence-electron chi connectivity index (χ0n) is 17.3. The molecule has 162 valence electrons. The first-order chi connectivity index (χ1) is 15.6. The van der Waals surface area contributed by atoms with Crippen LogP contribution in [0, 0.1) is 0 Å². The molecule has 0 spiro atoms. The summed E-state index contributed by atoms with van der Waals surface area (Å²) in [6.45, 7) is 0.752. The van der Waals surface area contributed by atoms with Gasteiger partial charge in [-0.1, -0.05) is 0 Å². The van der Waals surface area contributed by atoms with E-state index in [4.69, 9.17) is 9.47 Å². The van der Waals surface area contributed by atoms with Crippen molar-refractivity contribution in [1.29, 1.82) is 0 Å². The number of benzene rings is 2. The maximum absolute atomic E-state index is 12.6. The van der Waals surface area contributed by atoms with Crippen LogP contribution in [0.1, 0.15) is 28.3 Å². The zero-order chi connectivity index (χ0) is 22.1. The largest absolute Gasteiger partial charge is 0.497 e. The fraction of sp³-hybridized carbons (Fsp3) is 0.217. The highest BCUT2D eigenvalue weighted by Gasteiger charge is 2.17. The van der Waals surface area contributed by atoms with E-state index in [2.05, 4.69) is 15.3 Å². The van der Waals surface area contributed by atoms with Crippen LogP contribution in [0.4, 0.5) is 10.8 Å². The maximum Gasteiger partial charge on any atom is 0.338 e. The summed E-state index contributed by atoms with van der Waals surface area (Å²) < 4.78 is 12.3. The van der Waals surface area contributed by atoms with Gasteiger partial charge in [0.1, 0.15) is 18.2 Å². The number of anilines is 2. The molecule has 9 heteroatoms. The number of nitrogens with one attached hydrogen (secondary N) is 1. The third-order valence-electron chi connectivity index (χ3n) is 5.30. The highest BCUT2D eigenvalue weighted by molar-refractivity contribution is 7.13. The molecule has 1 aliphatic heterocycles. The molecule has 0 saturated heterocycles. The molecule has 2 aromatic carbocycles. The summed E-state index contributed by atoms with van der Waals surface area (Å²) in [4.78, 5) is 34.1. The predicted octanol–water partition coefficient (Wildman–Crippen LogP) is 3.91. The molecule has 5 rings (SSSR count). The van der Waals surface area contributed by atoms with Crippen LogP contribution in [0.3, 0.4) is 0 Å². The average molecular weight is 449 g/mol. The van der Waals surface area contributed by atoms with Crippen LogP contribution in [0.15, 0.2) is 52.6 Å². The first-order valence-electron chi connectivity index (χ1n) is 10.2. The van der Waals surface area contributed by atoms with Gasteiger partial charge in [-0.2, -0.15) is 0 Å². The number of hydrogen-bond donors (Lipinski definition) is 1. The lowest BCUT2D eigenvalue weighted by atomic mass is 10.1. The molecule has 0 aliphatic carbocycles. The fourth-order valence-electron chi connectivity index (χ4n) is 3.66. The third-order valence-corrected chi connectivity index (χ3v) is 6.10. The van der Waals surface area contributed by atoms with Crippen molar-refractivity contribution in [2.24, 2.45) is 0 Å². The van der Waals surface area contributed by atoms with Crippen molar-refractivity contribution in [3.05, 3.63) is 75.3 Å². The smallest absolute Gasteiger partial charge is 0.338 e. The summed E-state index contributed by atoms with van der Waals surface area (Å²) in [6.07, 6.45) is 1.69. The molecule has 0 bridgehead atoms. The van der Waals surface area contributed by atoms with Gasteiger partial charge < -0.3 is 14.8 Å². The minimum Gasteiger partial charge on any atom is -0.497 e. The van der Waals surface area contributed by atoms with Gasteiger partial charge in [-0.15, -0.1) is 11.3 Å². The Labute approximate surface area is 187 Å². The first kappa shape index (κ1) is 20.2. The van der Waals surface area contributed by atoms with E-state index < -0.39 is 5.97 Å². The van der Waals surface area contributed by atoms with Crippen LogP contribution in [0.5, 0.6) is 5.75 Å². The molecule has 32 heavy (non-hydrogen) atoms. The lowest BCUT2D eigenvalue weighted by Gasteiger charge is -2.07. The lowest BCUT2D eigenvalue weighted by molar-refractivity contribution is 0.0468. The second-order valence-corrected chi connectivity index (χ2v) is 8.25. The lowest BCUT2D eigenvalue weighted by Crippen LogP contribution is -2.21. The number of aryl methyl sites for hydroxylation is 1. The van der Waals surface area contributed by atoms with Gasteiger partial charge in [-0.05, 0) is 48.9 Å². The van der Waals surface area contributed by atoms with Gasteiger partial charge in [0, 0.05) is 24.0 Å². The molecular weight excluding hydrogens is 428 g/mol. The molecule has 4 aromatic rings. The van der Waals surface area contributed by atoms with Gasteiger partial charge in [0.15, 0.2) is 5.13 Å². The Morgan fingerprint density at radius 2 is 2.03 bits per heavy atom. The number of methoxy groups -OCH3 is 1. The van der Waals surface area contributed by atoms with E-state index in [1.54, 1.807) is 29.9 Å². The average Bonchev–Trinajstić information content (AvgIpc) is 3.47. The fourth-order valence-corrected chi connectivity index (χ4v) is 4.38. The standard InChI is InChI=1S/C23H20N4O4S/c1-30-17-7-5-15(6-8-17)24-23-25-16(13-32-23)12-31-22(29)14-4-9-18-19(11-14)26-20-3-2-10-27(20)21(18)28/h4-9,11,13H,2-3,10,12H2,1H3,(H,24,25). The predicted molar refractivity (Wildman–Crippen MR) is 122 cm³/mol. The Kier molecular flexibility index (Phi) is 5.32. The van der Waals surface area contributed by atoms with Gasteiger partial charge in [0.05, 0.1) is 29.3 Å². The van der Waals surface area contributed by atoms with E-state index in [0.29, 0.717) is 33.8 Å². The minimum atomic E-state index is -0.480. The summed E-state index contributed by atoms with van der Waals surface area (Å²) in [7, 11) is 1.62. The Morgan fingerprint density at radius 1 is 1.19 bits per heavy atom. The van der Waals surface area contributed by atoms with Crippen LogP contribution >= 0.6 is 11.3 Å². The van der Waals surface area contributed by atoms with Gasteiger partial charge in [-0.3, -0.25) is 9.36 Å². The molecule has 1 aliphatic rings. The van der Waals surface area contributed by atoms with Crippen molar-refractivity contribution in [2.75, 3.05) is 12.4 Å². The van der Waals surface area contributed by atoms with Crippen LogP contribution in [-0.4, -0.2) is 27.6 Å². The van der Waals surface area contributed by atoms with E-state index in [1.165, 1.54) is 11.3 Å². The molecule has 0 atom stereocenters. The van der Waals surface area contributed by atoms with Gasteiger partial charge in [-0.25, -0.2) is 14.8 Å². The molecule has 0 unspecified atom stereocenters. The summed E-state index contributed by atoms with van der Waals surface area (Å²) >= 11 is 1.42. The number of nitrogens with zero attached hydrogens (tertiary/aromatic N) is 3. The monoisotopic (exact) mass is 448 g/mol. The Balaban J connectivity index is 1.25. The molecule has 0 saturated carbocycles. The number of rotatable bonds is 6. The maximum atomic E-state index is 12.6. The molecule has 1 N–H and O–H groups in total. The van der Waals surface area contributed by atoms with E-state index >= 15 is 0 Å². The quantitative estimate of drug-likeness (QED) is 0.447. The minimum absolute atomic E-state index is 0.0535. The highest BCUT2D eigenvalue weighted by atomic mass is 32.1. The Morgan fingerprint density at radius 3 is 2.84 bits per heavy atom. The van der Waals surface area contributed by atoms with Crippen LogP contribution in [0.2, 0.25) is 0 Å². The van der Waals surface area contributed by atoms with E-state index in [0.717, 1.165) is 30.1 Å². The molecule has 8 nitrogen and oxygen atoms in total. The Hall–Kier alpha value is -3.72. The highest BCUT2D eigenvalue weighted by Crippen LogP contribution is 2.23. The van der Waals surface area contributed by atoms with Gasteiger partial charge in [0.25, 0.3) is 5.56 Å². The first-order valence-corrected chi connectivity index (χ1v) is 11.0. The number of esters is 1. The summed E-state index contributed by atoms with van der Waals surface area (Å²) in [5, 5.41) is 6.27. The van der Waals surface area contributed by atoms with Crippen molar-refractivity contribution < 1.29 is 14.3 Å². The molecule has 2 aromatic heterocycles. The van der Waals surface area contributed by atoms with Crippen LogP contribution < -0.4 is 15.6 Å². The molecular formula is C23H20N4O4S. The molecule has 0 radical (unpaired) electrons. The van der Waals surface area contributed by atoms with Crippen molar-refractivity contribution in [3.63, 3.8) is 0 Å². The van der Waals surface area contributed by atoms with Gasteiger partial charge in [0.2, 0.25) is 0 Å². The summed E-state index contributed by atoms with van der Waals surface area (Å²) in [6, 6.07) is 12.4. The van der Waals surface area contributed by atoms with E-state index in [1.807, 2.05) is 29.6 Å². The molecule has 0 fully saturated rings. The number of hydrogen-bond acceptors (Lipinski definition) is 8. The molecule has 0 amide bonds. The molecule has 3 heterocycles. The number of fused-ring (bicyclic) bond motifs is 2. The van der Waals surface area contributed by atoms with Crippen LogP contribution in [0.25, 0.3) is 10.9 Å². The zero-order valence-corrected chi connectivity index (χ0v) is 18.1. The van der Waals surface area contributed by atoms with Crippen LogP contribution in [-0.2, 0) is 24.3 Å². The number of carbonyl (C=O) groups excluding carboxylic acids is 1. The second-order valence-electron chi connectivity index (χ2n) is 7.39. The van der Waals surface area contributed by atoms with E-state index in [-0.39, 0.29) is 12.2 Å². The van der Waals surface area contributed by atoms with Crippen molar-refractivity contribution >= 4 is 39.0 Å². The number of ether oxygens (including phenoxy) is 2. The SMILES string of the molecule is COc1ccc(Nc2nc(COC(=O)c3ccc4c(=O)n5c(nc4c3)CCC5)cs2)cc1. The topological polar surface area (TPSA) is 95.3 Å². The Bertz CT molecular complexity index is 1360. The third kappa shape index (κ3) is 3.94. The number of aromatic nitrogens is 3. The van der Waals surface area contributed by atoms with Gasteiger partial charge >= 0.3 is 5.97 Å². The number of carbonyl (C=O) groups is 1. The normalized spacial score (nSPS) is 12.5. The van der Waals surface area contributed by atoms with Crippen molar-refractivity contribution in [3.8, 4) is 5.75 Å².